The maximum absolute atomic E-state index is 5.87. The largest absolute Gasteiger partial charge is 0.492 e. The Balaban J connectivity index is 1.63. The highest BCUT2D eigenvalue weighted by Crippen LogP contribution is 2.18. The molecular weight excluding hydrogens is 234 g/mol. The van der Waals surface area contributed by atoms with Gasteiger partial charge in [0.05, 0.1) is 0 Å². The zero-order chi connectivity index (χ0) is 11.9. The number of hydrogen-bond acceptors (Lipinski definition) is 2. The zero-order valence-electron chi connectivity index (χ0n) is 10.1. The molecule has 1 aliphatic rings. The van der Waals surface area contributed by atoms with Crippen molar-refractivity contribution in [2.75, 3.05) is 32.1 Å². The Labute approximate surface area is 109 Å². The zero-order valence-corrected chi connectivity index (χ0v) is 10.9. The molecule has 0 bridgehead atoms. The van der Waals surface area contributed by atoms with Gasteiger partial charge in [-0.15, -0.1) is 11.6 Å². The molecule has 0 amide bonds. The average molecular weight is 254 g/mol. The lowest BCUT2D eigenvalue weighted by molar-refractivity contribution is 0.161. The predicted molar refractivity (Wildman–Crippen MR) is 71.8 cm³/mol. The molecule has 17 heavy (non-hydrogen) atoms. The van der Waals surface area contributed by atoms with Crippen molar-refractivity contribution in [1.29, 1.82) is 0 Å². The lowest BCUT2D eigenvalue weighted by Gasteiger charge is -2.30. The molecule has 1 heterocycles. The summed E-state index contributed by atoms with van der Waals surface area (Å²) in [5.74, 6) is 2.50. The van der Waals surface area contributed by atoms with Crippen LogP contribution in [0.25, 0.3) is 0 Å². The van der Waals surface area contributed by atoms with Crippen molar-refractivity contribution in [3.8, 4) is 5.75 Å². The van der Waals surface area contributed by atoms with E-state index in [9.17, 15) is 0 Å². The summed E-state index contributed by atoms with van der Waals surface area (Å²) in [4.78, 5) is 2.46. The van der Waals surface area contributed by atoms with E-state index in [2.05, 4.69) is 4.90 Å². The van der Waals surface area contributed by atoms with Crippen LogP contribution in [0, 0.1) is 5.92 Å². The molecule has 3 heteroatoms. The highest BCUT2D eigenvalue weighted by atomic mass is 35.5. The van der Waals surface area contributed by atoms with E-state index >= 15 is 0 Å². The van der Waals surface area contributed by atoms with E-state index in [1.54, 1.807) is 0 Å². The van der Waals surface area contributed by atoms with Gasteiger partial charge in [0.25, 0.3) is 0 Å². The third kappa shape index (κ3) is 4.21. The minimum atomic E-state index is 0.725. The number of halogens is 1. The predicted octanol–water partition coefficient (Wildman–Crippen LogP) is 3.02. The van der Waals surface area contributed by atoms with E-state index in [1.165, 1.54) is 12.8 Å². The first-order valence-electron chi connectivity index (χ1n) is 6.34. The number of ether oxygens (including phenoxy) is 1. The molecule has 0 saturated carbocycles. The summed E-state index contributed by atoms with van der Waals surface area (Å²) in [7, 11) is 0. The Morgan fingerprint density at radius 2 is 1.88 bits per heavy atom. The topological polar surface area (TPSA) is 12.5 Å². The normalized spacial score (nSPS) is 18.2. The van der Waals surface area contributed by atoms with Gasteiger partial charge in [-0.1, -0.05) is 18.2 Å². The molecule has 1 aromatic carbocycles. The van der Waals surface area contributed by atoms with Crippen molar-refractivity contribution >= 4 is 11.6 Å². The van der Waals surface area contributed by atoms with Gasteiger partial charge in [0.15, 0.2) is 0 Å². The number of nitrogens with zero attached hydrogens (tertiary/aromatic N) is 1. The molecule has 1 aliphatic heterocycles. The van der Waals surface area contributed by atoms with Gasteiger partial charge >= 0.3 is 0 Å². The van der Waals surface area contributed by atoms with Crippen LogP contribution in [0.3, 0.4) is 0 Å². The Hall–Kier alpha value is -0.730. The number of rotatable bonds is 5. The van der Waals surface area contributed by atoms with E-state index in [0.717, 1.165) is 43.8 Å². The van der Waals surface area contributed by atoms with E-state index in [1.807, 2.05) is 30.3 Å². The molecule has 0 aromatic heterocycles. The molecule has 0 atom stereocenters. The maximum atomic E-state index is 5.87. The molecule has 2 nitrogen and oxygen atoms in total. The van der Waals surface area contributed by atoms with Crippen LogP contribution in [0.4, 0.5) is 0 Å². The summed E-state index contributed by atoms with van der Waals surface area (Å²) < 4.78 is 5.69. The van der Waals surface area contributed by atoms with Crippen molar-refractivity contribution in [2.45, 2.75) is 12.8 Å². The smallest absolute Gasteiger partial charge is 0.119 e. The number of alkyl halides is 1. The van der Waals surface area contributed by atoms with Gasteiger partial charge in [-0.2, -0.15) is 0 Å². The van der Waals surface area contributed by atoms with Crippen molar-refractivity contribution in [1.82, 2.24) is 4.90 Å². The van der Waals surface area contributed by atoms with Crippen LogP contribution in [0.5, 0.6) is 5.75 Å². The van der Waals surface area contributed by atoms with E-state index in [4.69, 9.17) is 16.3 Å². The summed E-state index contributed by atoms with van der Waals surface area (Å²) in [5.41, 5.74) is 0. The van der Waals surface area contributed by atoms with Crippen molar-refractivity contribution in [3.05, 3.63) is 30.3 Å². The Morgan fingerprint density at radius 1 is 1.18 bits per heavy atom. The average Bonchev–Trinajstić information content (AvgIpc) is 2.41. The monoisotopic (exact) mass is 253 g/mol. The van der Waals surface area contributed by atoms with E-state index in [-0.39, 0.29) is 0 Å². The lowest BCUT2D eigenvalue weighted by Crippen LogP contribution is -2.36. The Kier molecular flexibility index (Phi) is 5.14. The fourth-order valence-corrected chi connectivity index (χ4v) is 2.48. The van der Waals surface area contributed by atoms with Gasteiger partial charge < -0.3 is 4.74 Å². The van der Waals surface area contributed by atoms with Gasteiger partial charge in [-0.05, 0) is 44.0 Å². The summed E-state index contributed by atoms with van der Waals surface area (Å²) in [5, 5.41) is 0. The van der Waals surface area contributed by atoms with Crippen LogP contribution >= 0.6 is 11.6 Å². The first-order chi connectivity index (χ1) is 8.38. The number of hydrogen-bond donors (Lipinski definition) is 0. The SMILES string of the molecule is ClCC1CCN(CCOc2ccccc2)CC1. The highest BCUT2D eigenvalue weighted by Gasteiger charge is 2.17. The first kappa shape index (κ1) is 12.7. The summed E-state index contributed by atoms with van der Waals surface area (Å²) in [6, 6.07) is 10.0. The third-order valence-electron chi connectivity index (χ3n) is 3.34. The molecule has 1 aromatic rings. The summed E-state index contributed by atoms with van der Waals surface area (Å²) in [6.45, 7) is 4.12. The van der Waals surface area contributed by atoms with Gasteiger partial charge in [0.2, 0.25) is 0 Å². The maximum Gasteiger partial charge on any atom is 0.119 e. The van der Waals surface area contributed by atoms with E-state index in [0.29, 0.717) is 0 Å². The molecule has 94 valence electrons. The van der Waals surface area contributed by atoms with Crippen LogP contribution < -0.4 is 4.74 Å². The molecule has 0 spiro atoms. The van der Waals surface area contributed by atoms with Gasteiger partial charge in [-0.25, -0.2) is 0 Å². The van der Waals surface area contributed by atoms with Gasteiger partial charge in [0, 0.05) is 12.4 Å². The summed E-state index contributed by atoms with van der Waals surface area (Å²) >= 11 is 5.87. The second-order valence-corrected chi connectivity index (χ2v) is 4.91. The van der Waals surface area contributed by atoms with Crippen LogP contribution in [-0.4, -0.2) is 37.0 Å². The van der Waals surface area contributed by atoms with Gasteiger partial charge in [0.1, 0.15) is 12.4 Å². The van der Waals surface area contributed by atoms with Crippen molar-refractivity contribution in [3.63, 3.8) is 0 Å². The van der Waals surface area contributed by atoms with Crippen molar-refractivity contribution < 1.29 is 4.74 Å². The molecule has 2 rings (SSSR count). The summed E-state index contributed by atoms with van der Waals surface area (Å²) in [6.07, 6.45) is 2.46. The fourth-order valence-electron chi connectivity index (χ4n) is 2.17. The van der Waals surface area contributed by atoms with E-state index < -0.39 is 0 Å². The Bertz CT molecular complexity index is 309. The highest BCUT2D eigenvalue weighted by molar-refractivity contribution is 6.18. The van der Waals surface area contributed by atoms with Crippen LogP contribution in [0.15, 0.2) is 30.3 Å². The molecule has 1 fully saturated rings. The molecular formula is C14H20ClNO. The second kappa shape index (κ2) is 6.87. The number of likely N-dealkylation sites (tertiary alicyclic amines) is 1. The van der Waals surface area contributed by atoms with Gasteiger partial charge in [-0.3, -0.25) is 4.90 Å². The quantitative estimate of drug-likeness (QED) is 0.748. The second-order valence-electron chi connectivity index (χ2n) is 4.60. The lowest BCUT2D eigenvalue weighted by atomic mass is 9.99. The minimum Gasteiger partial charge on any atom is -0.492 e. The molecule has 0 unspecified atom stereocenters. The minimum absolute atomic E-state index is 0.725. The standard InChI is InChI=1S/C14H20ClNO/c15-12-13-6-8-16(9-7-13)10-11-17-14-4-2-1-3-5-14/h1-5,13H,6-12H2. The molecule has 0 N–H and O–H groups in total. The van der Waals surface area contributed by atoms with Crippen LogP contribution in [0.1, 0.15) is 12.8 Å². The third-order valence-corrected chi connectivity index (χ3v) is 3.78. The first-order valence-corrected chi connectivity index (χ1v) is 6.88. The molecule has 1 saturated heterocycles. The van der Waals surface area contributed by atoms with Crippen LogP contribution in [0.2, 0.25) is 0 Å². The Morgan fingerprint density at radius 3 is 2.53 bits per heavy atom. The molecule has 0 radical (unpaired) electrons. The van der Waals surface area contributed by atoms with Crippen molar-refractivity contribution in [2.24, 2.45) is 5.92 Å². The number of para-hydroxylation sites is 1. The van der Waals surface area contributed by atoms with Crippen LogP contribution in [-0.2, 0) is 0 Å². The number of benzene rings is 1. The molecule has 0 aliphatic carbocycles. The number of piperidine rings is 1. The fraction of sp³-hybridized carbons (Fsp3) is 0.571.